The number of aliphatic hydroxyl groups excluding tert-OH is 1. The van der Waals surface area contributed by atoms with E-state index >= 15 is 0 Å². The SMILES string of the molecule is C[C@@H](O)c1ccnc(N(C)C2CCSC2)c1. The maximum absolute atomic E-state index is 9.54. The topological polar surface area (TPSA) is 36.4 Å². The van der Waals surface area contributed by atoms with Gasteiger partial charge in [-0.1, -0.05) is 0 Å². The third-order valence-electron chi connectivity index (χ3n) is 3.07. The van der Waals surface area contributed by atoms with E-state index in [-0.39, 0.29) is 0 Å². The highest BCUT2D eigenvalue weighted by atomic mass is 32.2. The van der Waals surface area contributed by atoms with Crippen LogP contribution in [0.2, 0.25) is 0 Å². The van der Waals surface area contributed by atoms with Crippen molar-refractivity contribution in [2.45, 2.75) is 25.5 Å². The minimum absolute atomic E-state index is 0.423. The third-order valence-corrected chi connectivity index (χ3v) is 4.21. The van der Waals surface area contributed by atoms with Crippen molar-refractivity contribution in [1.82, 2.24) is 4.98 Å². The summed E-state index contributed by atoms with van der Waals surface area (Å²) in [5.74, 6) is 3.38. The number of hydrogen-bond donors (Lipinski definition) is 1. The number of aliphatic hydroxyl groups is 1. The molecule has 16 heavy (non-hydrogen) atoms. The molecule has 3 nitrogen and oxygen atoms in total. The molecule has 1 aromatic heterocycles. The van der Waals surface area contributed by atoms with Gasteiger partial charge in [-0.25, -0.2) is 4.98 Å². The first-order valence-corrected chi connectivity index (χ1v) is 6.78. The van der Waals surface area contributed by atoms with Crippen molar-refractivity contribution in [1.29, 1.82) is 0 Å². The second kappa shape index (κ2) is 5.06. The van der Waals surface area contributed by atoms with Gasteiger partial charge >= 0.3 is 0 Å². The summed E-state index contributed by atoms with van der Waals surface area (Å²) < 4.78 is 0. The minimum atomic E-state index is -0.423. The van der Waals surface area contributed by atoms with Crippen LogP contribution in [0.25, 0.3) is 0 Å². The van der Waals surface area contributed by atoms with E-state index in [0.717, 1.165) is 11.4 Å². The maximum atomic E-state index is 9.54. The van der Waals surface area contributed by atoms with Gasteiger partial charge in [0.1, 0.15) is 5.82 Å². The van der Waals surface area contributed by atoms with Crippen LogP contribution in [0.1, 0.15) is 25.0 Å². The standard InChI is InChI=1S/C12H18N2OS/c1-9(15)10-3-5-13-12(7-10)14(2)11-4-6-16-8-11/h3,5,7,9,11,15H,4,6,8H2,1-2H3/t9-,11?/m1/s1. The molecule has 2 atom stereocenters. The van der Waals surface area contributed by atoms with E-state index in [9.17, 15) is 5.11 Å². The fraction of sp³-hybridized carbons (Fsp3) is 0.583. The molecule has 1 unspecified atom stereocenters. The van der Waals surface area contributed by atoms with E-state index < -0.39 is 6.10 Å². The molecule has 1 aromatic rings. The van der Waals surface area contributed by atoms with Crippen LogP contribution < -0.4 is 4.90 Å². The number of thioether (sulfide) groups is 1. The summed E-state index contributed by atoms with van der Waals surface area (Å²) >= 11 is 2.00. The van der Waals surface area contributed by atoms with E-state index in [0.29, 0.717) is 6.04 Å². The van der Waals surface area contributed by atoms with Crippen LogP contribution in [0.3, 0.4) is 0 Å². The molecule has 0 bridgehead atoms. The lowest BCUT2D eigenvalue weighted by Gasteiger charge is -2.25. The van der Waals surface area contributed by atoms with Crippen molar-refractivity contribution in [3.05, 3.63) is 23.9 Å². The van der Waals surface area contributed by atoms with Crippen molar-refractivity contribution in [3.8, 4) is 0 Å². The fourth-order valence-electron chi connectivity index (χ4n) is 1.90. The molecule has 1 saturated heterocycles. The summed E-state index contributed by atoms with van der Waals surface area (Å²) in [6, 6.07) is 4.43. The molecule has 1 aliphatic heterocycles. The van der Waals surface area contributed by atoms with Crippen LogP contribution in [0.15, 0.2) is 18.3 Å². The Bertz CT molecular complexity index is 351. The van der Waals surface area contributed by atoms with Crippen molar-refractivity contribution in [2.75, 3.05) is 23.5 Å². The van der Waals surface area contributed by atoms with Crippen LogP contribution in [-0.4, -0.2) is 34.7 Å². The molecular formula is C12H18N2OS. The second-order valence-electron chi connectivity index (χ2n) is 4.25. The van der Waals surface area contributed by atoms with Crippen LogP contribution >= 0.6 is 11.8 Å². The van der Waals surface area contributed by atoms with Crippen molar-refractivity contribution in [3.63, 3.8) is 0 Å². The van der Waals surface area contributed by atoms with Gasteiger partial charge in [-0.3, -0.25) is 0 Å². The summed E-state index contributed by atoms with van der Waals surface area (Å²) in [6.07, 6.45) is 2.57. The number of rotatable bonds is 3. The molecule has 1 fully saturated rings. The summed E-state index contributed by atoms with van der Waals surface area (Å²) in [7, 11) is 2.09. The Morgan fingerprint density at radius 2 is 2.44 bits per heavy atom. The molecule has 0 aliphatic carbocycles. The van der Waals surface area contributed by atoms with Gasteiger partial charge in [0.25, 0.3) is 0 Å². The number of anilines is 1. The largest absolute Gasteiger partial charge is 0.389 e. The molecule has 2 heterocycles. The maximum Gasteiger partial charge on any atom is 0.128 e. The van der Waals surface area contributed by atoms with Crippen LogP contribution in [-0.2, 0) is 0 Å². The monoisotopic (exact) mass is 238 g/mol. The molecule has 0 saturated carbocycles. The molecule has 4 heteroatoms. The van der Waals surface area contributed by atoms with E-state index in [4.69, 9.17) is 0 Å². The zero-order chi connectivity index (χ0) is 11.5. The van der Waals surface area contributed by atoms with Gasteiger partial charge in [0, 0.05) is 25.0 Å². The van der Waals surface area contributed by atoms with Gasteiger partial charge < -0.3 is 10.0 Å². The predicted octanol–water partition coefficient (Wildman–Crippen LogP) is 2.08. The van der Waals surface area contributed by atoms with Gasteiger partial charge in [0.2, 0.25) is 0 Å². The van der Waals surface area contributed by atoms with Gasteiger partial charge in [-0.15, -0.1) is 0 Å². The molecule has 0 amide bonds. The molecular weight excluding hydrogens is 220 g/mol. The number of aromatic nitrogens is 1. The zero-order valence-corrected chi connectivity index (χ0v) is 10.6. The van der Waals surface area contributed by atoms with Crippen molar-refractivity contribution >= 4 is 17.6 Å². The number of nitrogens with zero attached hydrogens (tertiary/aromatic N) is 2. The Hall–Kier alpha value is -0.740. The summed E-state index contributed by atoms with van der Waals surface area (Å²) in [5, 5.41) is 9.54. The zero-order valence-electron chi connectivity index (χ0n) is 9.76. The summed E-state index contributed by atoms with van der Waals surface area (Å²) in [6.45, 7) is 1.78. The number of pyridine rings is 1. The Kier molecular flexibility index (Phi) is 3.71. The van der Waals surface area contributed by atoms with E-state index in [1.807, 2.05) is 23.9 Å². The predicted molar refractivity (Wildman–Crippen MR) is 69.0 cm³/mol. The Balaban J connectivity index is 2.15. The molecule has 2 rings (SSSR count). The highest BCUT2D eigenvalue weighted by Gasteiger charge is 2.21. The molecule has 1 aliphatic rings. The molecule has 0 radical (unpaired) electrons. The smallest absolute Gasteiger partial charge is 0.128 e. The minimum Gasteiger partial charge on any atom is -0.389 e. The van der Waals surface area contributed by atoms with Crippen LogP contribution in [0.4, 0.5) is 5.82 Å². The van der Waals surface area contributed by atoms with Crippen molar-refractivity contribution in [2.24, 2.45) is 0 Å². The molecule has 88 valence electrons. The quantitative estimate of drug-likeness (QED) is 0.874. The van der Waals surface area contributed by atoms with Crippen LogP contribution in [0, 0.1) is 0 Å². The normalized spacial score (nSPS) is 22.1. The van der Waals surface area contributed by atoms with Crippen molar-refractivity contribution < 1.29 is 5.11 Å². The van der Waals surface area contributed by atoms with Gasteiger partial charge in [0.15, 0.2) is 0 Å². The highest BCUT2D eigenvalue weighted by Crippen LogP contribution is 2.25. The summed E-state index contributed by atoms with van der Waals surface area (Å²) in [5.41, 5.74) is 0.933. The van der Waals surface area contributed by atoms with E-state index in [1.165, 1.54) is 17.9 Å². The lowest BCUT2D eigenvalue weighted by atomic mass is 10.1. The first-order chi connectivity index (χ1) is 7.68. The van der Waals surface area contributed by atoms with Crippen LogP contribution in [0.5, 0.6) is 0 Å². The lowest BCUT2D eigenvalue weighted by molar-refractivity contribution is 0.199. The fourth-order valence-corrected chi connectivity index (χ4v) is 3.17. The van der Waals surface area contributed by atoms with E-state index in [2.05, 4.69) is 16.9 Å². The number of hydrogen-bond acceptors (Lipinski definition) is 4. The van der Waals surface area contributed by atoms with E-state index in [1.54, 1.807) is 13.1 Å². The van der Waals surface area contributed by atoms with Gasteiger partial charge in [-0.05, 0) is 36.8 Å². The first kappa shape index (κ1) is 11.7. The average molecular weight is 238 g/mol. The first-order valence-electron chi connectivity index (χ1n) is 5.63. The van der Waals surface area contributed by atoms with Gasteiger partial charge in [0.05, 0.1) is 6.10 Å². The Morgan fingerprint density at radius 3 is 3.06 bits per heavy atom. The third kappa shape index (κ3) is 2.50. The Morgan fingerprint density at radius 1 is 1.62 bits per heavy atom. The lowest BCUT2D eigenvalue weighted by Crippen LogP contribution is -2.31. The summed E-state index contributed by atoms with van der Waals surface area (Å²) in [4.78, 5) is 6.60. The average Bonchev–Trinajstić information content (AvgIpc) is 2.81. The second-order valence-corrected chi connectivity index (χ2v) is 5.40. The van der Waals surface area contributed by atoms with Gasteiger partial charge in [-0.2, -0.15) is 11.8 Å². The molecule has 1 N–H and O–H groups in total. The molecule has 0 aromatic carbocycles. The molecule has 0 spiro atoms. The Labute approximate surface area is 101 Å². The highest BCUT2D eigenvalue weighted by molar-refractivity contribution is 7.99.